The number of phenolic OH excluding ortho intramolecular Hbond substituents is 1. The van der Waals surface area contributed by atoms with Crippen LogP contribution in [-0.4, -0.2) is 48.5 Å². The maximum absolute atomic E-state index is 11.4. The van der Waals surface area contributed by atoms with Crippen LogP contribution in [0.25, 0.3) is 0 Å². The van der Waals surface area contributed by atoms with Crippen molar-refractivity contribution in [1.29, 1.82) is 0 Å². The van der Waals surface area contributed by atoms with Crippen LogP contribution in [0.5, 0.6) is 5.75 Å². The van der Waals surface area contributed by atoms with Gasteiger partial charge in [0.25, 0.3) is 0 Å². The van der Waals surface area contributed by atoms with E-state index in [4.69, 9.17) is 5.73 Å². The number of halogens is 2. The maximum atomic E-state index is 11.4. The predicted molar refractivity (Wildman–Crippen MR) is 105 cm³/mol. The molecule has 1 aromatic rings. The van der Waals surface area contributed by atoms with E-state index in [1.54, 1.807) is 6.07 Å². The molecule has 0 aromatic heterocycles. The highest BCUT2D eigenvalue weighted by Gasteiger charge is 2.24. The summed E-state index contributed by atoms with van der Waals surface area (Å²) in [6.07, 6.45) is 2.50. The number of carbonyl (C=O) groups excluding carboxylic acids is 2. The van der Waals surface area contributed by atoms with E-state index in [0.29, 0.717) is 28.9 Å². The fraction of sp³-hybridized carbons (Fsp3) is 0.467. The molecule has 0 spiro atoms. The fourth-order valence-electron chi connectivity index (χ4n) is 2.74. The summed E-state index contributed by atoms with van der Waals surface area (Å²) in [4.78, 5) is 26.4. The summed E-state index contributed by atoms with van der Waals surface area (Å²) >= 11 is 4.21. The first-order valence-electron chi connectivity index (χ1n) is 7.34. The predicted octanol–water partition coefficient (Wildman–Crippen LogP) is 1.76. The summed E-state index contributed by atoms with van der Waals surface area (Å²) in [7, 11) is 0. The van der Waals surface area contributed by atoms with Crippen LogP contribution in [0.2, 0.25) is 0 Å². The SMILES string of the molecule is NC(=O)C1CCCN(CCN(C=O)c2cc(I)cc(I)c2O)C1. The normalized spacial score (nSPS) is 18.6. The molecule has 8 heteroatoms. The average molecular weight is 543 g/mol. The number of phenols is 1. The zero-order valence-corrected chi connectivity index (χ0v) is 16.9. The van der Waals surface area contributed by atoms with E-state index in [1.165, 1.54) is 4.90 Å². The van der Waals surface area contributed by atoms with Crippen molar-refractivity contribution >= 4 is 63.2 Å². The number of primary amides is 1. The van der Waals surface area contributed by atoms with Gasteiger partial charge in [-0.1, -0.05) is 0 Å². The molecule has 0 aliphatic carbocycles. The zero-order valence-electron chi connectivity index (χ0n) is 12.5. The van der Waals surface area contributed by atoms with Crippen LogP contribution >= 0.6 is 45.2 Å². The Morgan fingerprint density at radius 1 is 1.48 bits per heavy atom. The lowest BCUT2D eigenvalue weighted by Crippen LogP contribution is -2.44. The van der Waals surface area contributed by atoms with Gasteiger partial charge in [-0.15, -0.1) is 0 Å². The van der Waals surface area contributed by atoms with E-state index in [2.05, 4.69) is 27.5 Å². The number of hydrogen-bond acceptors (Lipinski definition) is 4. The number of benzene rings is 1. The molecule has 0 bridgehead atoms. The quantitative estimate of drug-likeness (QED) is 0.424. The molecule has 1 aromatic carbocycles. The number of hydrogen-bond donors (Lipinski definition) is 2. The van der Waals surface area contributed by atoms with Crippen LogP contribution in [0.15, 0.2) is 12.1 Å². The van der Waals surface area contributed by atoms with Crippen LogP contribution in [0.4, 0.5) is 5.69 Å². The second kappa shape index (κ2) is 8.47. The van der Waals surface area contributed by atoms with E-state index < -0.39 is 0 Å². The van der Waals surface area contributed by atoms with Gasteiger partial charge in [0.2, 0.25) is 12.3 Å². The monoisotopic (exact) mass is 543 g/mol. The summed E-state index contributed by atoms with van der Waals surface area (Å²) in [5.74, 6) is -0.251. The number of likely N-dealkylation sites (tertiary alicyclic amines) is 1. The molecule has 1 aliphatic heterocycles. The summed E-state index contributed by atoms with van der Waals surface area (Å²) in [6.45, 7) is 2.63. The Bertz CT molecular complexity index is 598. The minimum Gasteiger partial charge on any atom is -0.505 e. The largest absolute Gasteiger partial charge is 0.505 e. The number of rotatable bonds is 6. The molecular formula is C15H19I2N3O3. The highest BCUT2D eigenvalue weighted by Crippen LogP contribution is 2.33. The lowest BCUT2D eigenvalue weighted by molar-refractivity contribution is -0.123. The molecule has 23 heavy (non-hydrogen) atoms. The van der Waals surface area contributed by atoms with Crippen LogP contribution in [-0.2, 0) is 9.59 Å². The Labute approximate surface area is 162 Å². The molecule has 2 rings (SSSR count). The molecule has 2 amide bonds. The van der Waals surface area contributed by atoms with E-state index in [-0.39, 0.29) is 17.6 Å². The number of anilines is 1. The Morgan fingerprint density at radius 3 is 2.87 bits per heavy atom. The summed E-state index contributed by atoms with van der Waals surface area (Å²) in [6, 6.07) is 3.64. The van der Waals surface area contributed by atoms with Crippen LogP contribution in [0, 0.1) is 13.1 Å². The van der Waals surface area contributed by atoms with Gasteiger partial charge in [-0.2, -0.15) is 0 Å². The van der Waals surface area contributed by atoms with Gasteiger partial charge in [-0.3, -0.25) is 9.59 Å². The van der Waals surface area contributed by atoms with E-state index in [9.17, 15) is 14.7 Å². The summed E-state index contributed by atoms with van der Waals surface area (Å²) in [5.41, 5.74) is 5.90. The minimum atomic E-state index is -0.258. The number of aromatic hydroxyl groups is 1. The molecule has 0 saturated carbocycles. The maximum Gasteiger partial charge on any atom is 0.221 e. The van der Waals surface area contributed by atoms with E-state index in [1.807, 2.05) is 28.7 Å². The van der Waals surface area contributed by atoms with Gasteiger partial charge in [0.1, 0.15) is 0 Å². The van der Waals surface area contributed by atoms with Gasteiger partial charge in [0, 0.05) is 23.2 Å². The number of piperidine rings is 1. The molecule has 1 fully saturated rings. The Balaban J connectivity index is 2.03. The third kappa shape index (κ3) is 4.92. The van der Waals surface area contributed by atoms with E-state index >= 15 is 0 Å². The summed E-state index contributed by atoms with van der Waals surface area (Å²) < 4.78 is 1.67. The van der Waals surface area contributed by atoms with Crippen molar-refractivity contribution in [2.75, 3.05) is 31.1 Å². The highest BCUT2D eigenvalue weighted by molar-refractivity contribution is 14.1. The molecule has 1 unspecified atom stereocenters. The van der Waals surface area contributed by atoms with Gasteiger partial charge in [-0.05, 0) is 76.7 Å². The molecule has 6 nitrogen and oxygen atoms in total. The van der Waals surface area contributed by atoms with Gasteiger partial charge < -0.3 is 20.6 Å². The molecule has 0 radical (unpaired) electrons. The smallest absolute Gasteiger partial charge is 0.221 e. The molecule has 126 valence electrons. The van der Waals surface area contributed by atoms with Gasteiger partial charge in [0.05, 0.1) is 15.2 Å². The summed E-state index contributed by atoms with van der Waals surface area (Å²) in [5, 5.41) is 10.2. The van der Waals surface area contributed by atoms with E-state index in [0.717, 1.165) is 29.4 Å². The Hall–Kier alpha value is -0.620. The van der Waals surface area contributed by atoms with Crippen molar-refractivity contribution in [2.24, 2.45) is 11.7 Å². The zero-order chi connectivity index (χ0) is 17.0. The average Bonchev–Trinajstić information content (AvgIpc) is 2.52. The van der Waals surface area contributed by atoms with Crippen molar-refractivity contribution in [1.82, 2.24) is 4.90 Å². The highest BCUT2D eigenvalue weighted by atomic mass is 127. The van der Waals surface area contributed by atoms with Crippen LogP contribution < -0.4 is 10.6 Å². The van der Waals surface area contributed by atoms with Gasteiger partial charge >= 0.3 is 0 Å². The Kier molecular flexibility index (Phi) is 6.89. The number of amides is 2. The first kappa shape index (κ1) is 18.7. The van der Waals surface area contributed by atoms with Crippen molar-refractivity contribution in [3.63, 3.8) is 0 Å². The van der Waals surface area contributed by atoms with Gasteiger partial charge in [0.15, 0.2) is 5.75 Å². The Morgan fingerprint density at radius 2 is 2.22 bits per heavy atom. The van der Waals surface area contributed by atoms with Gasteiger partial charge in [-0.25, -0.2) is 0 Å². The second-order valence-corrected chi connectivity index (χ2v) is 8.00. The standard InChI is InChI=1S/C15H19I2N3O3/c16-11-6-12(17)14(22)13(7-11)20(9-21)5-4-19-3-1-2-10(8-19)15(18)23/h6-7,9-10,22H,1-5,8H2,(H2,18,23). The second-order valence-electron chi connectivity index (χ2n) is 5.60. The van der Waals surface area contributed by atoms with Crippen LogP contribution in [0.1, 0.15) is 12.8 Å². The number of nitrogens with two attached hydrogens (primary N) is 1. The third-order valence-electron chi connectivity index (χ3n) is 4.01. The van der Waals surface area contributed by atoms with Crippen LogP contribution in [0.3, 0.4) is 0 Å². The molecule has 1 aliphatic rings. The molecule has 1 saturated heterocycles. The van der Waals surface area contributed by atoms with Crippen molar-refractivity contribution in [3.05, 3.63) is 19.3 Å². The molecule has 3 N–H and O–H groups in total. The molecule has 1 heterocycles. The minimum absolute atomic E-state index is 0.111. The topological polar surface area (TPSA) is 86.9 Å². The number of nitrogens with zero attached hydrogens (tertiary/aromatic N) is 2. The number of carbonyl (C=O) groups is 2. The first-order chi connectivity index (χ1) is 10.9. The molecular weight excluding hydrogens is 524 g/mol. The van der Waals surface area contributed by atoms with Crippen molar-refractivity contribution in [3.8, 4) is 5.75 Å². The lowest BCUT2D eigenvalue weighted by Gasteiger charge is -2.32. The first-order valence-corrected chi connectivity index (χ1v) is 9.49. The third-order valence-corrected chi connectivity index (χ3v) is 5.45. The fourth-order valence-corrected chi connectivity index (χ4v) is 4.56. The van der Waals surface area contributed by atoms with Crippen molar-refractivity contribution < 1.29 is 14.7 Å². The molecule has 1 atom stereocenters. The lowest BCUT2D eigenvalue weighted by atomic mass is 9.97. The van der Waals surface area contributed by atoms with Crippen molar-refractivity contribution in [2.45, 2.75) is 12.8 Å².